The lowest BCUT2D eigenvalue weighted by molar-refractivity contribution is -0.182. The van der Waals surface area contributed by atoms with Crippen LogP contribution in [0.5, 0.6) is 0 Å². The second kappa shape index (κ2) is 25.6. The minimum absolute atomic E-state index is 0.107. The molecule has 4 heterocycles. The van der Waals surface area contributed by atoms with Crippen LogP contribution in [0, 0.1) is 0 Å². The van der Waals surface area contributed by atoms with Gasteiger partial charge in [0, 0.05) is 57.3 Å². The first-order chi connectivity index (χ1) is 36.0. The molecular formula is C54H64Cl4N4O12S2. The van der Waals surface area contributed by atoms with Crippen LogP contribution in [0.1, 0.15) is 126 Å². The van der Waals surface area contributed by atoms with Gasteiger partial charge in [-0.05, 0) is 123 Å². The fraction of sp³-hybridized carbons (Fsp3) is 0.481. The van der Waals surface area contributed by atoms with Crippen molar-refractivity contribution >= 4 is 90.2 Å². The summed E-state index contributed by atoms with van der Waals surface area (Å²) in [7, 11) is -7.39. The molecule has 8 rings (SSSR count). The molecule has 16 nitrogen and oxygen atoms in total. The number of carboxylic acid groups (broad SMARTS) is 2. The molecule has 0 saturated carbocycles. The van der Waals surface area contributed by atoms with Crippen LogP contribution >= 0.6 is 46.4 Å². The second-order valence-electron chi connectivity index (χ2n) is 19.8. The summed E-state index contributed by atoms with van der Waals surface area (Å²) in [6, 6.07) is 24.7. The fourth-order valence-corrected chi connectivity index (χ4v) is 15.8. The van der Waals surface area contributed by atoms with E-state index in [0.717, 1.165) is 25.7 Å². The molecule has 0 bridgehead atoms. The Balaban J connectivity index is 0.000000221. The number of nitrogens with zero attached hydrogens (tertiary/aromatic N) is 4. The molecule has 0 radical (unpaired) electrons. The molecule has 0 aromatic heterocycles. The van der Waals surface area contributed by atoms with Crippen molar-refractivity contribution in [2.45, 2.75) is 140 Å². The van der Waals surface area contributed by atoms with Gasteiger partial charge in [-0.1, -0.05) is 109 Å². The number of hydrogen-bond acceptors (Lipinski definition) is 10. The highest BCUT2D eigenvalue weighted by Crippen LogP contribution is 2.47. The van der Waals surface area contributed by atoms with E-state index in [2.05, 4.69) is 0 Å². The lowest BCUT2D eigenvalue weighted by atomic mass is 9.89. The van der Waals surface area contributed by atoms with Gasteiger partial charge in [-0.2, -0.15) is 8.61 Å². The Morgan fingerprint density at radius 3 is 1.21 bits per heavy atom. The van der Waals surface area contributed by atoms with Crippen molar-refractivity contribution in [2.75, 3.05) is 24.6 Å². The molecule has 412 valence electrons. The Labute approximate surface area is 465 Å². The highest BCUT2D eigenvalue weighted by molar-refractivity contribution is 7.89. The summed E-state index contributed by atoms with van der Waals surface area (Å²) < 4.78 is 69.6. The maximum Gasteiger partial charge on any atom is 0.306 e. The summed E-state index contributed by atoms with van der Waals surface area (Å²) in [5.74, 6) is -4.03. The molecule has 4 saturated heterocycles. The Hall–Kier alpha value is -4.34. The van der Waals surface area contributed by atoms with E-state index in [-0.39, 0.29) is 23.6 Å². The van der Waals surface area contributed by atoms with Crippen LogP contribution in [0.25, 0.3) is 0 Å². The number of sulfonamides is 2. The first kappa shape index (κ1) is 59.3. The average molecular weight is 1170 g/mol. The van der Waals surface area contributed by atoms with Crippen molar-refractivity contribution in [2.24, 2.45) is 0 Å². The van der Waals surface area contributed by atoms with Crippen molar-refractivity contribution in [3.05, 3.63) is 139 Å². The number of amides is 2. The summed E-state index contributed by atoms with van der Waals surface area (Å²) in [4.78, 5) is 54.3. The topological polar surface area (TPSA) is 208 Å². The van der Waals surface area contributed by atoms with Gasteiger partial charge in [0.2, 0.25) is 20.0 Å². The summed E-state index contributed by atoms with van der Waals surface area (Å²) in [6.07, 6.45) is -1.41. The van der Waals surface area contributed by atoms with Crippen molar-refractivity contribution in [3.8, 4) is 0 Å². The number of carbonyl (C=O) groups is 4. The number of benzene rings is 4. The molecular weight excluding hydrogens is 1100 g/mol. The summed E-state index contributed by atoms with van der Waals surface area (Å²) in [5, 5.41) is 21.0. The molecule has 4 fully saturated rings. The van der Waals surface area contributed by atoms with E-state index < -0.39 is 105 Å². The first-order valence-corrected chi connectivity index (χ1v) is 30.2. The van der Waals surface area contributed by atoms with Gasteiger partial charge >= 0.3 is 11.9 Å². The standard InChI is InChI=1S/2C27H32Cl2N2O6S/c2*1-3-22(16-38(35,36)30-13-5-6-17(30)2)31-25(18-9-11-20(28)12-10-18)26(19-7-4-8-21(29)14-19)37-23(27(31)34)15-24(32)33/h2*4,7-12,14,17,22-23,25-26H,3,5-6,13,15-16H2,1-2H3,(H,32,33)/t17-,22?,23+,25+,26+;17-,22?,23-,25+,26+/m00/s1. The number of rotatable bonds is 18. The van der Waals surface area contributed by atoms with Crippen LogP contribution in [0.4, 0.5) is 0 Å². The van der Waals surface area contributed by atoms with E-state index >= 15 is 0 Å². The number of ether oxygens (including phenoxy) is 2. The Morgan fingerprint density at radius 1 is 0.566 bits per heavy atom. The third-order valence-electron chi connectivity index (χ3n) is 14.6. The number of morpholine rings is 2. The van der Waals surface area contributed by atoms with Crippen molar-refractivity contribution in [1.82, 2.24) is 18.4 Å². The minimum Gasteiger partial charge on any atom is -0.481 e. The summed E-state index contributed by atoms with van der Waals surface area (Å²) in [6.45, 7) is 8.33. The highest BCUT2D eigenvalue weighted by atomic mass is 35.5. The Kier molecular flexibility index (Phi) is 20.0. The van der Waals surface area contributed by atoms with E-state index in [1.54, 1.807) is 97.1 Å². The van der Waals surface area contributed by atoms with E-state index in [4.69, 9.17) is 55.9 Å². The quantitative estimate of drug-likeness (QED) is 0.0954. The molecule has 4 aromatic rings. The predicted molar refractivity (Wildman–Crippen MR) is 291 cm³/mol. The summed E-state index contributed by atoms with van der Waals surface area (Å²) in [5.41, 5.74) is 2.67. The number of carboxylic acids is 2. The van der Waals surface area contributed by atoms with Gasteiger partial charge in [-0.25, -0.2) is 16.8 Å². The molecule has 10 atom stereocenters. The van der Waals surface area contributed by atoms with Crippen LogP contribution < -0.4 is 0 Å². The monoisotopic (exact) mass is 1160 g/mol. The zero-order valence-corrected chi connectivity index (χ0v) is 47.2. The predicted octanol–water partition coefficient (Wildman–Crippen LogP) is 10.1. The molecule has 76 heavy (non-hydrogen) atoms. The van der Waals surface area contributed by atoms with Crippen molar-refractivity contribution in [1.29, 1.82) is 0 Å². The Morgan fingerprint density at radius 2 is 0.921 bits per heavy atom. The second-order valence-corrected chi connectivity index (χ2v) is 25.4. The normalized spacial score (nSPS) is 25.5. The number of halogens is 4. The van der Waals surface area contributed by atoms with Crippen LogP contribution in [0.2, 0.25) is 20.1 Å². The lowest BCUT2D eigenvalue weighted by Gasteiger charge is -2.48. The fourth-order valence-electron chi connectivity index (χ4n) is 10.9. The molecule has 2 amide bonds. The molecule has 0 spiro atoms. The van der Waals surface area contributed by atoms with E-state index in [1.165, 1.54) is 18.4 Å². The molecule has 4 aromatic carbocycles. The highest BCUT2D eigenvalue weighted by Gasteiger charge is 2.50. The van der Waals surface area contributed by atoms with Gasteiger partial charge < -0.3 is 29.5 Å². The molecule has 2 unspecified atom stereocenters. The smallest absolute Gasteiger partial charge is 0.306 e. The van der Waals surface area contributed by atoms with Gasteiger partial charge in [0.25, 0.3) is 11.8 Å². The molecule has 2 N–H and O–H groups in total. The molecule has 4 aliphatic heterocycles. The number of hydrogen-bond donors (Lipinski definition) is 2. The lowest BCUT2D eigenvalue weighted by Crippen LogP contribution is -2.57. The number of aliphatic carboxylic acids is 2. The van der Waals surface area contributed by atoms with E-state index in [9.17, 15) is 46.2 Å². The maximum atomic E-state index is 13.9. The van der Waals surface area contributed by atoms with E-state index in [0.29, 0.717) is 68.3 Å². The zero-order valence-electron chi connectivity index (χ0n) is 42.6. The van der Waals surface area contributed by atoms with Gasteiger partial charge in [0.05, 0.1) is 36.4 Å². The van der Waals surface area contributed by atoms with Gasteiger partial charge in [-0.15, -0.1) is 0 Å². The van der Waals surface area contributed by atoms with E-state index in [1.807, 2.05) is 27.7 Å². The third-order valence-corrected chi connectivity index (χ3v) is 19.7. The van der Waals surface area contributed by atoms with Crippen LogP contribution in [-0.4, -0.2) is 130 Å². The maximum absolute atomic E-state index is 13.9. The first-order valence-electron chi connectivity index (χ1n) is 25.4. The van der Waals surface area contributed by atoms with Crippen LogP contribution in [-0.2, 0) is 48.7 Å². The third kappa shape index (κ3) is 13.9. The van der Waals surface area contributed by atoms with Gasteiger partial charge in [-0.3, -0.25) is 19.2 Å². The minimum atomic E-state index is -3.69. The van der Waals surface area contributed by atoms with Gasteiger partial charge in [0.1, 0.15) is 24.4 Å². The largest absolute Gasteiger partial charge is 0.481 e. The molecule has 4 aliphatic rings. The molecule has 0 aliphatic carbocycles. The van der Waals surface area contributed by atoms with Crippen molar-refractivity contribution in [3.63, 3.8) is 0 Å². The van der Waals surface area contributed by atoms with Crippen LogP contribution in [0.15, 0.2) is 97.1 Å². The zero-order chi connectivity index (χ0) is 55.2. The summed E-state index contributed by atoms with van der Waals surface area (Å²) >= 11 is 24.9. The van der Waals surface area contributed by atoms with Gasteiger partial charge in [0.15, 0.2) is 0 Å². The molecule has 22 heteroatoms. The number of carbonyl (C=O) groups excluding carboxylic acids is 2. The van der Waals surface area contributed by atoms with Crippen molar-refractivity contribution < 1.29 is 55.7 Å². The SMILES string of the molecule is CCC(CS(=O)(=O)N1CCC[C@@H]1C)N1C(=O)[C@@H](CC(=O)O)O[C@H](c2cccc(Cl)c2)[C@H]1c1ccc(Cl)cc1.CCC(CS(=O)(=O)N1CCC[C@@H]1C)N1C(=O)[C@H](CC(=O)O)O[C@H](c2cccc(Cl)c2)[C@H]1c1ccc(Cl)cc1. The average Bonchev–Trinajstić information content (AvgIpc) is 4.03. The Bertz CT molecular complexity index is 2740. The van der Waals surface area contributed by atoms with Crippen LogP contribution in [0.3, 0.4) is 0 Å².